The number of benzene rings is 1. The van der Waals surface area contributed by atoms with Crippen LogP contribution in [0.15, 0.2) is 24.3 Å². The Morgan fingerprint density at radius 1 is 1.15 bits per heavy atom. The lowest BCUT2D eigenvalue weighted by Gasteiger charge is -2.34. The lowest BCUT2D eigenvalue weighted by atomic mass is 10.1. The second-order valence-electron chi connectivity index (χ2n) is 5.48. The molecule has 1 aliphatic heterocycles. The van der Waals surface area contributed by atoms with Crippen LogP contribution in [0.2, 0.25) is 0 Å². The highest BCUT2D eigenvalue weighted by molar-refractivity contribution is 5.92. The van der Waals surface area contributed by atoms with Gasteiger partial charge < -0.3 is 14.9 Å². The molecule has 1 aromatic heterocycles. The monoisotopic (exact) mass is 271 g/mol. The highest BCUT2D eigenvalue weighted by Gasteiger charge is 2.17. The van der Waals surface area contributed by atoms with Crippen LogP contribution in [-0.4, -0.2) is 48.2 Å². The van der Waals surface area contributed by atoms with Crippen LogP contribution in [0, 0.1) is 0 Å². The smallest absolute Gasteiger partial charge is 0.117 e. The number of aromatic nitrogens is 1. The predicted octanol–water partition coefficient (Wildman–Crippen LogP) is 2.25. The highest BCUT2D eigenvalue weighted by atomic mass is 16.3. The first-order valence-corrected chi connectivity index (χ1v) is 7.23. The molecule has 0 aliphatic carbocycles. The van der Waals surface area contributed by atoms with E-state index in [1.165, 1.54) is 5.69 Å². The molecule has 20 heavy (non-hydrogen) atoms. The van der Waals surface area contributed by atoms with Crippen LogP contribution < -0.4 is 4.90 Å². The van der Waals surface area contributed by atoms with Crippen molar-refractivity contribution in [3.63, 3.8) is 0 Å². The summed E-state index contributed by atoms with van der Waals surface area (Å²) in [5.74, 6) is 0.280. The number of hydrogen-bond acceptors (Lipinski definition) is 4. The van der Waals surface area contributed by atoms with E-state index in [9.17, 15) is 5.11 Å². The third-order valence-electron chi connectivity index (χ3n) is 4.03. The number of likely N-dealkylation sites (N-methyl/N-ethyl adjacent to an activating group) is 1. The van der Waals surface area contributed by atoms with E-state index in [1.54, 1.807) is 12.1 Å². The summed E-state index contributed by atoms with van der Waals surface area (Å²) in [6.07, 6.45) is 0.909. The van der Waals surface area contributed by atoms with Gasteiger partial charge in [0.25, 0.3) is 0 Å². The van der Waals surface area contributed by atoms with Crippen LogP contribution >= 0.6 is 0 Å². The van der Waals surface area contributed by atoms with Gasteiger partial charge in [-0.1, -0.05) is 6.92 Å². The average molecular weight is 271 g/mol. The summed E-state index contributed by atoms with van der Waals surface area (Å²) in [6, 6.07) is 7.68. The van der Waals surface area contributed by atoms with Crippen molar-refractivity contribution in [1.82, 2.24) is 9.88 Å². The molecule has 0 unspecified atom stereocenters. The van der Waals surface area contributed by atoms with Crippen molar-refractivity contribution in [2.75, 3.05) is 38.1 Å². The summed E-state index contributed by atoms with van der Waals surface area (Å²) < 4.78 is 0. The zero-order chi connectivity index (χ0) is 14.1. The molecule has 0 saturated carbocycles. The van der Waals surface area contributed by atoms with Crippen molar-refractivity contribution in [2.24, 2.45) is 0 Å². The second kappa shape index (κ2) is 5.29. The summed E-state index contributed by atoms with van der Waals surface area (Å²) in [5, 5.41) is 10.8. The van der Waals surface area contributed by atoms with Gasteiger partial charge >= 0.3 is 0 Å². The molecule has 2 aromatic rings. The number of aromatic hydroxyl groups is 1. The number of phenols is 1. The van der Waals surface area contributed by atoms with Crippen molar-refractivity contribution < 1.29 is 5.11 Å². The minimum Gasteiger partial charge on any atom is -0.508 e. The van der Waals surface area contributed by atoms with E-state index in [0.717, 1.165) is 49.2 Å². The van der Waals surface area contributed by atoms with Crippen molar-refractivity contribution in [2.45, 2.75) is 13.3 Å². The Balaban J connectivity index is 2.08. The molecule has 1 fully saturated rings. The number of fused-ring (bicyclic) bond motifs is 1. The van der Waals surface area contributed by atoms with E-state index in [2.05, 4.69) is 34.8 Å². The van der Waals surface area contributed by atoms with Gasteiger partial charge in [-0.2, -0.15) is 0 Å². The average Bonchev–Trinajstić information content (AvgIpc) is 2.46. The van der Waals surface area contributed by atoms with E-state index in [4.69, 9.17) is 0 Å². The Morgan fingerprint density at radius 3 is 2.60 bits per heavy atom. The molecular weight excluding hydrogens is 250 g/mol. The summed E-state index contributed by atoms with van der Waals surface area (Å²) >= 11 is 0. The van der Waals surface area contributed by atoms with Gasteiger partial charge in [0.05, 0.1) is 5.52 Å². The summed E-state index contributed by atoms with van der Waals surface area (Å²) in [5.41, 5.74) is 3.22. The van der Waals surface area contributed by atoms with Crippen LogP contribution in [-0.2, 0) is 6.42 Å². The number of hydrogen-bond donors (Lipinski definition) is 1. The molecule has 4 nitrogen and oxygen atoms in total. The van der Waals surface area contributed by atoms with Gasteiger partial charge in [0.2, 0.25) is 0 Å². The highest BCUT2D eigenvalue weighted by Crippen LogP contribution is 2.30. The van der Waals surface area contributed by atoms with Crippen LogP contribution in [0.25, 0.3) is 10.9 Å². The number of pyridine rings is 1. The van der Waals surface area contributed by atoms with E-state index in [-0.39, 0.29) is 5.75 Å². The first-order valence-electron chi connectivity index (χ1n) is 7.23. The number of aryl methyl sites for hydroxylation is 1. The van der Waals surface area contributed by atoms with Crippen molar-refractivity contribution in [3.8, 4) is 5.75 Å². The van der Waals surface area contributed by atoms with Crippen molar-refractivity contribution in [1.29, 1.82) is 0 Å². The molecule has 0 bridgehead atoms. The Kier molecular flexibility index (Phi) is 3.49. The molecule has 0 atom stereocenters. The maximum atomic E-state index is 9.67. The van der Waals surface area contributed by atoms with Crippen molar-refractivity contribution in [3.05, 3.63) is 30.0 Å². The normalized spacial score (nSPS) is 16.8. The standard InChI is InChI=1S/C16H21N3O/c1-3-12-10-16(19-8-6-18(2)7-9-19)14-5-4-13(20)11-15(14)17-12/h4-5,10-11,20H,3,6-9H2,1-2H3. The largest absolute Gasteiger partial charge is 0.508 e. The van der Waals surface area contributed by atoms with Gasteiger partial charge in [0.1, 0.15) is 5.75 Å². The Hall–Kier alpha value is -1.81. The first kappa shape index (κ1) is 13.2. The fourth-order valence-electron chi connectivity index (χ4n) is 2.74. The fourth-order valence-corrected chi connectivity index (χ4v) is 2.74. The third-order valence-corrected chi connectivity index (χ3v) is 4.03. The van der Waals surface area contributed by atoms with Gasteiger partial charge in [-0.15, -0.1) is 0 Å². The Labute approximate surface area is 119 Å². The Bertz CT molecular complexity index is 618. The SMILES string of the molecule is CCc1cc(N2CCN(C)CC2)c2ccc(O)cc2n1. The van der Waals surface area contributed by atoms with Gasteiger partial charge in [-0.3, -0.25) is 4.98 Å². The second-order valence-corrected chi connectivity index (χ2v) is 5.48. The maximum Gasteiger partial charge on any atom is 0.117 e. The lowest BCUT2D eigenvalue weighted by molar-refractivity contribution is 0.313. The molecule has 1 aliphatic rings. The quantitative estimate of drug-likeness (QED) is 0.909. The Morgan fingerprint density at radius 2 is 1.90 bits per heavy atom. The molecule has 2 heterocycles. The summed E-state index contributed by atoms with van der Waals surface area (Å²) in [4.78, 5) is 9.41. The third kappa shape index (κ3) is 2.43. The molecule has 0 spiro atoms. The molecule has 4 heteroatoms. The molecule has 1 aromatic carbocycles. The van der Waals surface area contributed by atoms with Gasteiger partial charge in [0, 0.05) is 49.0 Å². The molecule has 0 radical (unpaired) electrons. The zero-order valence-electron chi connectivity index (χ0n) is 12.1. The van der Waals surface area contributed by atoms with E-state index < -0.39 is 0 Å². The number of phenolic OH excluding ortho intramolecular Hbond substituents is 1. The van der Waals surface area contributed by atoms with Crippen molar-refractivity contribution >= 4 is 16.6 Å². The van der Waals surface area contributed by atoms with Crippen LogP contribution in [0.5, 0.6) is 5.75 Å². The van der Waals surface area contributed by atoms with Crippen LogP contribution in [0.4, 0.5) is 5.69 Å². The lowest BCUT2D eigenvalue weighted by Crippen LogP contribution is -2.44. The van der Waals surface area contributed by atoms with Crippen LogP contribution in [0.3, 0.4) is 0 Å². The van der Waals surface area contributed by atoms with E-state index >= 15 is 0 Å². The number of nitrogens with zero attached hydrogens (tertiary/aromatic N) is 3. The fraction of sp³-hybridized carbons (Fsp3) is 0.438. The number of anilines is 1. The molecule has 106 valence electrons. The molecule has 1 N–H and O–H groups in total. The molecule has 0 amide bonds. The number of rotatable bonds is 2. The minimum atomic E-state index is 0.280. The topological polar surface area (TPSA) is 39.6 Å². The van der Waals surface area contributed by atoms with E-state index in [0.29, 0.717) is 0 Å². The zero-order valence-corrected chi connectivity index (χ0v) is 12.1. The van der Waals surface area contributed by atoms with Gasteiger partial charge in [-0.25, -0.2) is 0 Å². The van der Waals surface area contributed by atoms with Gasteiger partial charge in [0.15, 0.2) is 0 Å². The molecular formula is C16H21N3O. The van der Waals surface area contributed by atoms with Crippen LogP contribution in [0.1, 0.15) is 12.6 Å². The summed E-state index contributed by atoms with van der Waals surface area (Å²) in [6.45, 7) is 6.37. The molecule has 1 saturated heterocycles. The summed E-state index contributed by atoms with van der Waals surface area (Å²) in [7, 11) is 2.16. The van der Waals surface area contributed by atoms with E-state index in [1.807, 2.05) is 6.07 Å². The van der Waals surface area contributed by atoms with Gasteiger partial charge in [-0.05, 0) is 31.7 Å². The minimum absolute atomic E-state index is 0.280. The predicted molar refractivity (Wildman–Crippen MR) is 82.5 cm³/mol. The first-order chi connectivity index (χ1) is 9.67. The maximum absolute atomic E-state index is 9.67. The molecule has 3 rings (SSSR count). The number of piperazine rings is 1.